The second-order valence-electron chi connectivity index (χ2n) is 5.86. The molecule has 6 nitrogen and oxygen atoms in total. The Kier molecular flexibility index (Phi) is 6.00. The van der Waals surface area contributed by atoms with E-state index in [2.05, 4.69) is 15.0 Å². The molecule has 2 aromatic carbocycles. The normalized spacial score (nSPS) is 11.3. The second kappa shape index (κ2) is 8.43. The van der Waals surface area contributed by atoms with Gasteiger partial charge < -0.3 is 5.32 Å². The van der Waals surface area contributed by atoms with Crippen LogP contribution >= 0.6 is 11.3 Å². The summed E-state index contributed by atoms with van der Waals surface area (Å²) in [6, 6.07) is 15.9. The van der Waals surface area contributed by atoms with Gasteiger partial charge in [-0.25, -0.2) is 18.1 Å². The van der Waals surface area contributed by atoms with Gasteiger partial charge in [-0.1, -0.05) is 30.3 Å². The maximum atomic E-state index is 12.4. The van der Waals surface area contributed by atoms with Gasteiger partial charge in [0, 0.05) is 36.5 Å². The fraction of sp³-hybridized carbons (Fsp3) is 0.158. The minimum absolute atomic E-state index is 0.153. The van der Waals surface area contributed by atoms with Crippen molar-refractivity contribution in [2.45, 2.75) is 18.2 Å². The standard InChI is InChI=1S/C19H19N3O3S2/c1-14(23)21-16-7-9-18(10-8-16)27(24,25)20-12-11-17-13-26-19(22-17)15-5-3-2-4-6-15/h2-10,13,20H,11-12H2,1H3,(H,21,23). The topological polar surface area (TPSA) is 88.2 Å². The summed E-state index contributed by atoms with van der Waals surface area (Å²) in [6.45, 7) is 1.65. The number of benzene rings is 2. The Morgan fingerprint density at radius 2 is 1.78 bits per heavy atom. The third-order valence-electron chi connectivity index (χ3n) is 3.73. The molecule has 0 bridgehead atoms. The number of carbonyl (C=O) groups excluding carboxylic acids is 1. The monoisotopic (exact) mass is 401 g/mol. The molecule has 0 atom stereocenters. The molecule has 8 heteroatoms. The highest BCUT2D eigenvalue weighted by atomic mass is 32.2. The van der Waals surface area contributed by atoms with Crippen LogP contribution in [0, 0.1) is 0 Å². The number of aromatic nitrogens is 1. The molecule has 0 saturated heterocycles. The van der Waals surface area contributed by atoms with Crippen molar-refractivity contribution in [3.63, 3.8) is 0 Å². The number of sulfonamides is 1. The Morgan fingerprint density at radius 3 is 2.44 bits per heavy atom. The van der Waals surface area contributed by atoms with Crippen LogP contribution in [0.25, 0.3) is 10.6 Å². The van der Waals surface area contributed by atoms with Gasteiger partial charge in [-0.05, 0) is 24.3 Å². The van der Waals surface area contributed by atoms with Crippen LogP contribution in [0.4, 0.5) is 5.69 Å². The summed E-state index contributed by atoms with van der Waals surface area (Å²) in [5, 5.41) is 5.46. The maximum Gasteiger partial charge on any atom is 0.240 e. The smallest absolute Gasteiger partial charge is 0.240 e. The zero-order valence-electron chi connectivity index (χ0n) is 14.7. The summed E-state index contributed by atoms with van der Waals surface area (Å²) in [7, 11) is -3.61. The van der Waals surface area contributed by atoms with E-state index in [4.69, 9.17) is 0 Å². The Morgan fingerprint density at radius 1 is 1.07 bits per heavy atom. The lowest BCUT2D eigenvalue weighted by Gasteiger charge is -2.07. The minimum atomic E-state index is -3.61. The van der Waals surface area contributed by atoms with Gasteiger partial charge in [0.2, 0.25) is 15.9 Å². The molecule has 1 heterocycles. The van der Waals surface area contributed by atoms with E-state index in [1.165, 1.54) is 19.1 Å². The lowest BCUT2D eigenvalue weighted by molar-refractivity contribution is -0.114. The zero-order valence-corrected chi connectivity index (χ0v) is 16.3. The molecular weight excluding hydrogens is 382 g/mol. The van der Waals surface area contributed by atoms with Gasteiger partial charge in [-0.2, -0.15) is 0 Å². The number of anilines is 1. The van der Waals surface area contributed by atoms with Gasteiger partial charge in [0.25, 0.3) is 0 Å². The molecule has 1 amide bonds. The number of nitrogens with one attached hydrogen (secondary N) is 2. The molecule has 0 spiro atoms. The Hall–Kier alpha value is -2.55. The molecular formula is C19H19N3O3S2. The third kappa shape index (κ3) is 5.22. The van der Waals surface area contributed by atoms with Crippen molar-refractivity contribution in [1.82, 2.24) is 9.71 Å². The molecule has 0 saturated carbocycles. The SMILES string of the molecule is CC(=O)Nc1ccc(S(=O)(=O)NCCc2csc(-c3ccccc3)n2)cc1. The minimum Gasteiger partial charge on any atom is -0.326 e. The summed E-state index contributed by atoms with van der Waals surface area (Å²) in [5.41, 5.74) is 2.45. The van der Waals surface area contributed by atoms with E-state index < -0.39 is 10.0 Å². The van der Waals surface area contributed by atoms with Gasteiger partial charge in [-0.3, -0.25) is 4.79 Å². The average molecular weight is 402 g/mol. The van der Waals surface area contributed by atoms with Crippen LogP contribution in [0.1, 0.15) is 12.6 Å². The van der Waals surface area contributed by atoms with E-state index >= 15 is 0 Å². The third-order valence-corrected chi connectivity index (χ3v) is 6.15. The first-order chi connectivity index (χ1) is 12.9. The van der Waals surface area contributed by atoms with E-state index in [0.717, 1.165) is 16.3 Å². The first-order valence-corrected chi connectivity index (χ1v) is 10.7. The van der Waals surface area contributed by atoms with Crippen molar-refractivity contribution < 1.29 is 13.2 Å². The number of nitrogens with zero attached hydrogens (tertiary/aromatic N) is 1. The molecule has 0 aliphatic heterocycles. The van der Waals surface area contributed by atoms with Crippen LogP contribution in [-0.4, -0.2) is 25.9 Å². The van der Waals surface area contributed by atoms with E-state index in [0.29, 0.717) is 12.1 Å². The molecule has 140 valence electrons. The molecule has 27 heavy (non-hydrogen) atoms. The Labute approximate surface area is 162 Å². The van der Waals surface area contributed by atoms with Gasteiger partial charge >= 0.3 is 0 Å². The first-order valence-electron chi connectivity index (χ1n) is 8.31. The molecule has 2 N–H and O–H groups in total. The average Bonchev–Trinajstić information content (AvgIpc) is 3.11. The predicted octanol–water partition coefficient (Wildman–Crippen LogP) is 3.29. The molecule has 0 aliphatic carbocycles. The van der Waals surface area contributed by atoms with Crippen molar-refractivity contribution in [2.24, 2.45) is 0 Å². The maximum absolute atomic E-state index is 12.4. The lowest BCUT2D eigenvalue weighted by Crippen LogP contribution is -2.26. The van der Waals surface area contributed by atoms with Crippen molar-refractivity contribution in [1.29, 1.82) is 0 Å². The van der Waals surface area contributed by atoms with Crippen LogP contribution < -0.4 is 10.0 Å². The highest BCUT2D eigenvalue weighted by Gasteiger charge is 2.14. The predicted molar refractivity (Wildman–Crippen MR) is 107 cm³/mol. The van der Waals surface area contributed by atoms with Crippen molar-refractivity contribution in [2.75, 3.05) is 11.9 Å². The number of carbonyl (C=O) groups is 1. The molecule has 0 radical (unpaired) electrons. The molecule has 0 unspecified atom stereocenters. The van der Waals surface area contributed by atoms with Crippen molar-refractivity contribution in [3.05, 3.63) is 65.7 Å². The fourth-order valence-corrected chi connectivity index (χ4v) is 4.34. The number of amides is 1. The molecule has 3 rings (SSSR count). The largest absolute Gasteiger partial charge is 0.326 e. The first kappa shape index (κ1) is 19.2. The van der Waals surface area contributed by atoms with Gasteiger partial charge in [0.15, 0.2) is 0 Å². The zero-order chi connectivity index (χ0) is 19.3. The van der Waals surface area contributed by atoms with Crippen LogP contribution in [0.3, 0.4) is 0 Å². The van der Waals surface area contributed by atoms with Gasteiger partial charge in [-0.15, -0.1) is 11.3 Å². The van der Waals surface area contributed by atoms with Crippen molar-refractivity contribution in [3.8, 4) is 10.6 Å². The summed E-state index contributed by atoms with van der Waals surface area (Å²) in [6.07, 6.45) is 0.506. The highest BCUT2D eigenvalue weighted by molar-refractivity contribution is 7.89. The highest BCUT2D eigenvalue weighted by Crippen LogP contribution is 2.23. The number of hydrogen-bond acceptors (Lipinski definition) is 5. The quantitative estimate of drug-likeness (QED) is 0.636. The van der Waals surface area contributed by atoms with E-state index in [1.54, 1.807) is 23.5 Å². The fourth-order valence-electron chi connectivity index (χ4n) is 2.45. The van der Waals surface area contributed by atoms with E-state index in [9.17, 15) is 13.2 Å². The van der Waals surface area contributed by atoms with Crippen LogP contribution in [0.5, 0.6) is 0 Å². The van der Waals surface area contributed by atoms with Crippen LogP contribution in [0.15, 0.2) is 64.9 Å². The summed E-state index contributed by atoms with van der Waals surface area (Å²) in [4.78, 5) is 15.7. The number of thiazole rings is 1. The van der Waals surface area contributed by atoms with Gasteiger partial charge in [0.1, 0.15) is 5.01 Å². The molecule has 3 aromatic rings. The molecule has 0 fully saturated rings. The van der Waals surface area contributed by atoms with Crippen LogP contribution in [0.2, 0.25) is 0 Å². The number of hydrogen-bond donors (Lipinski definition) is 2. The van der Waals surface area contributed by atoms with Gasteiger partial charge in [0.05, 0.1) is 10.6 Å². The summed E-state index contributed by atoms with van der Waals surface area (Å²) < 4.78 is 27.3. The lowest BCUT2D eigenvalue weighted by atomic mass is 10.2. The van der Waals surface area contributed by atoms with E-state index in [1.807, 2.05) is 35.7 Å². The van der Waals surface area contributed by atoms with Crippen LogP contribution in [-0.2, 0) is 21.2 Å². The Balaban J connectivity index is 1.58. The van der Waals surface area contributed by atoms with E-state index in [-0.39, 0.29) is 17.3 Å². The molecule has 1 aromatic heterocycles. The number of rotatable bonds is 7. The summed E-state index contributed by atoms with van der Waals surface area (Å²) >= 11 is 1.54. The van der Waals surface area contributed by atoms with Crippen molar-refractivity contribution >= 4 is 33.0 Å². The second-order valence-corrected chi connectivity index (χ2v) is 8.49. The summed E-state index contributed by atoms with van der Waals surface area (Å²) in [5.74, 6) is -0.207. The molecule has 0 aliphatic rings. The Bertz CT molecular complexity index is 1010.